The van der Waals surface area contributed by atoms with Crippen LogP contribution in [0.3, 0.4) is 0 Å². The summed E-state index contributed by atoms with van der Waals surface area (Å²) < 4.78 is 0. The van der Waals surface area contributed by atoms with Crippen molar-refractivity contribution < 1.29 is 0 Å². The van der Waals surface area contributed by atoms with Crippen LogP contribution in [0.25, 0.3) is 12.2 Å². The molecule has 1 rings (SSSR count). The van der Waals surface area contributed by atoms with E-state index in [2.05, 4.69) is 12.5 Å². The van der Waals surface area contributed by atoms with Crippen molar-refractivity contribution in [1.82, 2.24) is 0 Å². The van der Waals surface area contributed by atoms with Crippen molar-refractivity contribution >= 4 is 12.2 Å². The first-order chi connectivity index (χ1) is 6.80. The second kappa shape index (κ2) is 4.70. The predicted octanol–water partition coefficient (Wildman–Crippen LogP) is 2.87. The molecule has 0 fully saturated rings. The van der Waals surface area contributed by atoms with Gasteiger partial charge in [0.05, 0.1) is 0 Å². The van der Waals surface area contributed by atoms with Crippen LogP contribution in [0.1, 0.15) is 11.1 Å². The van der Waals surface area contributed by atoms with Gasteiger partial charge in [0.15, 0.2) is 0 Å². The summed E-state index contributed by atoms with van der Waals surface area (Å²) in [5.74, 6) is 2.31. The second-order valence-corrected chi connectivity index (χ2v) is 2.68. The lowest BCUT2D eigenvalue weighted by Gasteiger charge is -1.94. The number of terminal acetylenes is 1. The van der Waals surface area contributed by atoms with Gasteiger partial charge in [0.1, 0.15) is 11.6 Å². The zero-order chi connectivity index (χ0) is 10.4. The highest BCUT2D eigenvalue weighted by molar-refractivity contribution is 5.64. The van der Waals surface area contributed by atoms with E-state index in [0.717, 1.165) is 11.1 Å². The summed E-state index contributed by atoms with van der Waals surface area (Å²) in [4.78, 5) is 0. The Morgan fingerprint density at radius 2 is 1.86 bits per heavy atom. The molecule has 0 N–H and O–H groups in total. The summed E-state index contributed by atoms with van der Waals surface area (Å²) in [5.41, 5.74) is 2.29. The molecule has 0 aliphatic heterocycles. The molecule has 66 valence electrons. The van der Waals surface area contributed by atoms with Crippen molar-refractivity contribution in [2.45, 2.75) is 0 Å². The standard InChI is InChI=1S/C13H9N/c1-3-11-5-7-13(8-6-11)9-12(4-2)10-14/h2-3,5-9H,1H2. The van der Waals surface area contributed by atoms with Crippen molar-refractivity contribution in [3.8, 4) is 18.4 Å². The predicted molar refractivity (Wildman–Crippen MR) is 59.0 cm³/mol. The Kier molecular flexibility index (Phi) is 3.30. The van der Waals surface area contributed by atoms with E-state index in [1.165, 1.54) is 0 Å². The van der Waals surface area contributed by atoms with Gasteiger partial charge in [-0.1, -0.05) is 42.8 Å². The number of benzene rings is 1. The normalized spacial score (nSPS) is 10.0. The minimum absolute atomic E-state index is 0.330. The van der Waals surface area contributed by atoms with Crippen molar-refractivity contribution in [2.75, 3.05) is 0 Å². The van der Waals surface area contributed by atoms with Gasteiger partial charge in [-0.3, -0.25) is 0 Å². The van der Waals surface area contributed by atoms with E-state index in [-0.39, 0.29) is 0 Å². The lowest BCUT2D eigenvalue weighted by Crippen LogP contribution is -1.76. The first kappa shape index (κ1) is 9.84. The van der Waals surface area contributed by atoms with Crippen LogP contribution < -0.4 is 0 Å². The van der Waals surface area contributed by atoms with Crippen molar-refractivity contribution in [2.24, 2.45) is 0 Å². The van der Waals surface area contributed by atoms with Crippen molar-refractivity contribution in [1.29, 1.82) is 5.26 Å². The van der Waals surface area contributed by atoms with E-state index in [0.29, 0.717) is 5.57 Å². The molecule has 0 amide bonds. The SMILES string of the molecule is C#CC(C#N)=Cc1ccc(C=C)cc1. The molecule has 0 radical (unpaired) electrons. The van der Waals surface area contributed by atoms with Crippen LogP contribution in [0.5, 0.6) is 0 Å². The highest BCUT2D eigenvalue weighted by Gasteiger charge is 1.91. The maximum Gasteiger partial charge on any atom is 0.108 e. The third kappa shape index (κ3) is 2.37. The molecule has 0 spiro atoms. The van der Waals surface area contributed by atoms with Crippen LogP contribution >= 0.6 is 0 Å². The molecule has 0 unspecified atom stereocenters. The molecule has 1 aromatic carbocycles. The minimum atomic E-state index is 0.330. The molecule has 14 heavy (non-hydrogen) atoms. The van der Waals surface area contributed by atoms with E-state index in [4.69, 9.17) is 11.7 Å². The molecular formula is C13H9N. The highest BCUT2D eigenvalue weighted by atomic mass is 14.2. The summed E-state index contributed by atoms with van der Waals surface area (Å²) in [6, 6.07) is 9.56. The summed E-state index contributed by atoms with van der Waals surface area (Å²) >= 11 is 0. The number of hydrogen-bond acceptors (Lipinski definition) is 1. The molecule has 0 aliphatic carbocycles. The number of rotatable bonds is 2. The van der Waals surface area contributed by atoms with Gasteiger partial charge in [0.2, 0.25) is 0 Å². The number of nitrogens with zero attached hydrogens (tertiary/aromatic N) is 1. The third-order valence-electron chi connectivity index (χ3n) is 1.76. The average molecular weight is 179 g/mol. The van der Waals surface area contributed by atoms with Crippen LogP contribution in [-0.4, -0.2) is 0 Å². The molecular weight excluding hydrogens is 170 g/mol. The van der Waals surface area contributed by atoms with E-state index in [1.807, 2.05) is 30.3 Å². The Balaban J connectivity index is 3.01. The van der Waals surface area contributed by atoms with Gasteiger partial charge in [0, 0.05) is 0 Å². The zero-order valence-corrected chi connectivity index (χ0v) is 7.70. The molecule has 0 atom stereocenters. The maximum absolute atomic E-state index is 8.61. The lowest BCUT2D eigenvalue weighted by atomic mass is 10.1. The Morgan fingerprint density at radius 1 is 1.29 bits per heavy atom. The topological polar surface area (TPSA) is 23.8 Å². The number of allylic oxidation sites excluding steroid dienone is 1. The molecule has 0 aliphatic rings. The second-order valence-electron chi connectivity index (χ2n) is 2.68. The van der Waals surface area contributed by atoms with Gasteiger partial charge in [0.25, 0.3) is 0 Å². The summed E-state index contributed by atoms with van der Waals surface area (Å²) in [6.07, 6.45) is 8.57. The Morgan fingerprint density at radius 3 is 2.29 bits per heavy atom. The van der Waals surface area contributed by atoms with Crippen LogP contribution in [0.4, 0.5) is 0 Å². The van der Waals surface area contributed by atoms with Crippen molar-refractivity contribution in [3.05, 3.63) is 47.5 Å². The summed E-state index contributed by atoms with van der Waals surface area (Å²) in [6.45, 7) is 3.65. The van der Waals surface area contributed by atoms with E-state index < -0.39 is 0 Å². The van der Waals surface area contributed by atoms with Crippen LogP contribution in [0, 0.1) is 23.7 Å². The monoisotopic (exact) mass is 179 g/mol. The van der Waals surface area contributed by atoms with Gasteiger partial charge in [-0.05, 0) is 17.2 Å². The summed E-state index contributed by atoms with van der Waals surface area (Å²) in [5, 5.41) is 8.61. The van der Waals surface area contributed by atoms with Crippen LogP contribution in [0.15, 0.2) is 36.4 Å². The maximum atomic E-state index is 8.61. The largest absolute Gasteiger partial charge is 0.192 e. The Labute approximate surface area is 84.0 Å². The fraction of sp³-hybridized carbons (Fsp3) is 0. The zero-order valence-electron chi connectivity index (χ0n) is 7.70. The highest BCUT2D eigenvalue weighted by Crippen LogP contribution is 2.09. The first-order valence-electron chi connectivity index (χ1n) is 4.11. The Bertz CT molecular complexity index is 420. The lowest BCUT2D eigenvalue weighted by molar-refractivity contribution is 1.51. The van der Waals surface area contributed by atoms with E-state index in [9.17, 15) is 0 Å². The molecule has 1 heteroatoms. The number of nitriles is 1. The van der Waals surface area contributed by atoms with E-state index >= 15 is 0 Å². The van der Waals surface area contributed by atoms with Crippen molar-refractivity contribution in [3.63, 3.8) is 0 Å². The Hall–Kier alpha value is -2.25. The van der Waals surface area contributed by atoms with Crippen LogP contribution in [0.2, 0.25) is 0 Å². The first-order valence-corrected chi connectivity index (χ1v) is 4.11. The molecule has 0 saturated carbocycles. The molecule has 0 aromatic heterocycles. The minimum Gasteiger partial charge on any atom is -0.192 e. The van der Waals surface area contributed by atoms with Gasteiger partial charge < -0.3 is 0 Å². The summed E-state index contributed by atoms with van der Waals surface area (Å²) in [7, 11) is 0. The number of hydrogen-bond donors (Lipinski definition) is 0. The molecule has 1 aromatic rings. The molecule has 0 bridgehead atoms. The van der Waals surface area contributed by atoms with Gasteiger partial charge >= 0.3 is 0 Å². The quantitative estimate of drug-likeness (QED) is 0.506. The third-order valence-corrected chi connectivity index (χ3v) is 1.76. The molecule has 0 heterocycles. The van der Waals surface area contributed by atoms with Gasteiger partial charge in [-0.25, -0.2) is 0 Å². The van der Waals surface area contributed by atoms with Crippen LogP contribution in [-0.2, 0) is 0 Å². The molecule has 0 saturated heterocycles. The van der Waals surface area contributed by atoms with Gasteiger partial charge in [-0.15, -0.1) is 6.42 Å². The fourth-order valence-electron chi connectivity index (χ4n) is 1.00. The average Bonchev–Trinajstić information content (AvgIpc) is 2.26. The molecule has 1 nitrogen and oxygen atoms in total. The smallest absolute Gasteiger partial charge is 0.108 e. The van der Waals surface area contributed by atoms with Gasteiger partial charge in [-0.2, -0.15) is 5.26 Å². The fourth-order valence-corrected chi connectivity index (χ4v) is 1.00. The van der Waals surface area contributed by atoms with E-state index in [1.54, 1.807) is 12.2 Å².